The van der Waals surface area contributed by atoms with E-state index in [1.807, 2.05) is 72.1 Å². The molecule has 2 aromatic heterocycles. The number of aromatic nitrogens is 1. The number of carbonyl (C=O) groups excluding carboxylic acids is 2. The monoisotopic (exact) mass is 327 g/mol. The summed E-state index contributed by atoms with van der Waals surface area (Å²) in [5.74, 6) is -0.123. The van der Waals surface area contributed by atoms with E-state index in [1.54, 1.807) is 6.07 Å². The number of fused-ring (bicyclic) bond motifs is 3. The molecule has 0 aliphatic carbocycles. The Morgan fingerprint density at radius 1 is 0.880 bits per heavy atom. The van der Waals surface area contributed by atoms with Crippen LogP contribution in [0.5, 0.6) is 0 Å². The molecule has 0 radical (unpaired) electrons. The molecule has 0 unspecified atom stereocenters. The molecule has 3 nitrogen and oxygen atoms in total. The first-order valence-corrected chi connectivity index (χ1v) is 8.21. The molecule has 4 aromatic rings. The fraction of sp³-hybridized carbons (Fsp3) is 0.0909. The quantitative estimate of drug-likeness (QED) is 0.505. The van der Waals surface area contributed by atoms with Crippen molar-refractivity contribution in [1.82, 2.24) is 4.40 Å². The first-order valence-electron chi connectivity index (χ1n) is 8.21. The average molecular weight is 327 g/mol. The van der Waals surface area contributed by atoms with Gasteiger partial charge in [-0.2, -0.15) is 0 Å². The van der Waals surface area contributed by atoms with Gasteiger partial charge in [-0.05, 0) is 44.2 Å². The van der Waals surface area contributed by atoms with Crippen LogP contribution in [0.15, 0.2) is 66.9 Å². The van der Waals surface area contributed by atoms with Gasteiger partial charge in [0.15, 0.2) is 11.6 Å². The Labute approximate surface area is 145 Å². The Morgan fingerprint density at radius 2 is 1.64 bits per heavy atom. The summed E-state index contributed by atoms with van der Waals surface area (Å²) in [6.07, 6.45) is 1.94. The predicted molar refractivity (Wildman–Crippen MR) is 99.5 cm³/mol. The lowest BCUT2D eigenvalue weighted by Gasteiger charge is -2.11. The van der Waals surface area contributed by atoms with Crippen molar-refractivity contribution in [3.05, 3.63) is 89.1 Å². The maximum atomic E-state index is 13.2. The molecule has 4 rings (SSSR count). The lowest BCUT2D eigenvalue weighted by Crippen LogP contribution is -2.07. The van der Waals surface area contributed by atoms with Gasteiger partial charge in [0.25, 0.3) is 0 Å². The zero-order valence-electron chi connectivity index (χ0n) is 14.1. The van der Waals surface area contributed by atoms with Crippen LogP contribution >= 0.6 is 0 Å². The highest BCUT2D eigenvalue weighted by Crippen LogP contribution is 2.26. The van der Waals surface area contributed by atoms with Gasteiger partial charge in [0.2, 0.25) is 0 Å². The Balaban J connectivity index is 2.05. The fourth-order valence-electron chi connectivity index (χ4n) is 3.20. The summed E-state index contributed by atoms with van der Waals surface area (Å²) >= 11 is 0. The van der Waals surface area contributed by atoms with Crippen LogP contribution in [-0.4, -0.2) is 16.0 Å². The van der Waals surface area contributed by atoms with E-state index >= 15 is 0 Å². The molecule has 0 saturated heterocycles. The van der Waals surface area contributed by atoms with E-state index in [4.69, 9.17) is 0 Å². The molecule has 0 amide bonds. The molecule has 25 heavy (non-hydrogen) atoms. The van der Waals surface area contributed by atoms with Gasteiger partial charge in [-0.3, -0.25) is 9.59 Å². The van der Waals surface area contributed by atoms with Crippen molar-refractivity contribution < 1.29 is 9.59 Å². The molecule has 2 aromatic carbocycles. The number of benzene rings is 2. The Hall–Kier alpha value is -3.20. The second-order valence-corrected chi connectivity index (χ2v) is 6.35. The number of carbonyl (C=O) groups is 2. The van der Waals surface area contributed by atoms with Crippen LogP contribution in [-0.2, 0) is 0 Å². The minimum absolute atomic E-state index is 0.0486. The molecule has 0 N–H and O–H groups in total. The highest BCUT2D eigenvalue weighted by atomic mass is 16.1. The van der Waals surface area contributed by atoms with E-state index in [0.29, 0.717) is 16.7 Å². The van der Waals surface area contributed by atoms with Gasteiger partial charge in [0, 0.05) is 33.8 Å². The van der Waals surface area contributed by atoms with E-state index in [2.05, 4.69) is 0 Å². The zero-order valence-corrected chi connectivity index (χ0v) is 14.1. The number of ketones is 2. The van der Waals surface area contributed by atoms with E-state index in [9.17, 15) is 9.59 Å². The smallest absolute Gasteiger partial charge is 0.195 e. The van der Waals surface area contributed by atoms with E-state index in [0.717, 1.165) is 22.0 Å². The number of hydrogen-bond acceptors (Lipinski definition) is 2. The average Bonchev–Trinajstić information content (AvgIpc) is 3.09. The minimum atomic E-state index is -0.0747. The molecule has 2 heterocycles. The number of aryl methyl sites for hydroxylation is 1. The number of hydrogen-bond donors (Lipinski definition) is 0. The van der Waals surface area contributed by atoms with Gasteiger partial charge >= 0.3 is 0 Å². The first-order chi connectivity index (χ1) is 12.0. The number of rotatable bonds is 3. The highest BCUT2D eigenvalue weighted by Gasteiger charge is 2.17. The van der Waals surface area contributed by atoms with Crippen molar-refractivity contribution in [2.45, 2.75) is 13.8 Å². The summed E-state index contributed by atoms with van der Waals surface area (Å²) in [5.41, 5.74) is 4.67. The summed E-state index contributed by atoms with van der Waals surface area (Å²) in [4.78, 5) is 25.1. The molecular formula is C22H17NO2. The van der Waals surface area contributed by atoms with Gasteiger partial charge in [0.1, 0.15) is 0 Å². The Kier molecular flexibility index (Phi) is 3.50. The molecule has 0 aliphatic heterocycles. The summed E-state index contributed by atoms with van der Waals surface area (Å²) in [5, 5.41) is 0.881. The summed E-state index contributed by atoms with van der Waals surface area (Å²) in [6.45, 7) is 3.51. The summed E-state index contributed by atoms with van der Waals surface area (Å²) < 4.78 is 2.00. The van der Waals surface area contributed by atoms with Crippen LogP contribution in [0.25, 0.3) is 16.4 Å². The van der Waals surface area contributed by atoms with Crippen molar-refractivity contribution in [2.24, 2.45) is 0 Å². The third-order valence-electron chi connectivity index (χ3n) is 4.56. The molecular weight excluding hydrogens is 310 g/mol. The molecule has 0 fully saturated rings. The zero-order chi connectivity index (χ0) is 17.6. The predicted octanol–water partition coefficient (Wildman–Crippen LogP) is 4.83. The van der Waals surface area contributed by atoms with Crippen LogP contribution in [0.2, 0.25) is 0 Å². The van der Waals surface area contributed by atoms with Gasteiger partial charge in [-0.25, -0.2) is 0 Å². The normalized spacial score (nSPS) is 11.1. The number of nitrogens with zero attached hydrogens (tertiary/aromatic N) is 1. The largest absolute Gasteiger partial charge is 0.316 e. The van der Waals surface area contributed by atoms with Crippen molar-refractivity contribution >= 4 is 28.0 Å². The van der Waals surface area contributed by atoms with Gasteiger partial charge in [0.05, 0.1) is 5.52 Å². The first kappa shape index (κ1) is 15.3. The van der Waals surface area contributed by atoms with Crippen LogP contribution in [0.1, 0.15) is 38.8 Å². The van der Waals surface area contributed by atoms with Crippen molar-refractivity contribution in [1.29, 1.82) is 0 Å². The highest BCUT2D eigenvalue weighted by molar-refractivity contribution is 6.17. The fourth-order valence-corrected chi connectivity index (χ4v) is 3.20. The maximum Gasteiger partial charge on any atom is 0.195 e. The second-order valence-electron chi connectivity index (χ2n) is 6.35. The molecule has 0 atom stereocenters. The van der Waals surface area contributed by atoms with E-state index in [1.165, 1.54) is 6.92 Å². The molecule has 122 valence electrons. The number of Topliss-reactive ketones (excluding diaryl/α,β-unsaturated/α-hetero) is 1. The molecule has 0 spiro atoms. The molecule has 0 aliphatic rings. The number of pyridine rings is 1. The van der Waals surface area contributed by atoms with E-state index in [-0.39, 0.29) is 11.6 Å². The van der Waals surface area contributed by atoms with Crippen molar-refractivity contribution in [2.75, 3.05) is 0 Å². The Bertz CT molecular complexity index is 1130. The molecule has 0 saturated carbocycles. The standard InChI is InChI=1S/C22H17NO2/c1-14-5-7-16(8-6-14)22(25)20-13-18(15(2)24)12-17-9-10-19-4-3-11-23(19)21(17)20/h3-13H,1-2H3. The maximum absolute atomic E-state index is 13.2. The van der Waals surface area contributed by atoms with Crippen LogP contribution in [0, 0.1) is 6.92 Å². The summed E-state index contributed by atoms with van der Waals surface area (Å²) in [7, 11) is 0. The third-order valence-corrected chi connectivity index (χ3v) is 4.56. The lowest BCUT2D eigenvalue weighted by atomic mass is 9.96. The minimum Gasteiger partial charge on any atom is -0.316 e. The van der Waals surface area contributed by atoms with Gasteiger partial charge < -0.3 is 4.40 Å². The van der Waals surface area contributed by atoms with Crippen LogP contribution in [0.3, 0.4) is 0 Å². The topological polar surface area (TPSA) is 38.5 Å². The lowest BCUT2D eigenvalue weighted by molar-refractivity contribution is 0.101. The molecule has 0 bridgehead atoms. The Morgan fingerprint density at radius 3 is 2.36 bits per heavy atom. The third kappa shape index (κ3) is 2.54. The second kappa shape index (κ2) is 5.71. The summed E-state index contributed by atoms with van der Waals surface area (Å²) in [6, 6.07) is 19.0. The van der Waals surface area contributed by atoms with Gasteiger partial charge in [-0.15, -0.1) is 0 Å². The SMILES string of the molecule is CC(=O)c1cc(C(=O)c2ccc(C)cc2)c2c(ccc3cccn32)c1. The van der Waals surface area contributed by atoms with Crippen molar-refractivity contribution in [3.8, 4) is 0 Å². The van der Waals surface area contributed by atoms with Crippen LogP contribution in [0.4, 0.5) is 0 Å². The van der Waals surface area contributed by atoms with E-state index < -0.39 is 0 Å². The molecule has 3 heteroatoms. The van der Waals surface area contributed by atoms with Gasteiger partial charge in [-0.1, -0.05) is 35.9 Å². The van der Waals surface area contributed by atoms with Crippen molar-refractivity contribution in [3.63, 3.8) is 0 Å². The van der Waals surface area contributed by atoms with Crippen LogP contribution < -0.4 is 0 Å².